The third kappa shape index (κ3) is 4.17. The van der Waals surface area contributed by atoms with Crippen molar-refractivity contribution in [3.63, 3.8) is 0 Å². The number of carbonyl (C=O) groups is 1. The van der Waals surface area contributed by atoms with Crippen molar-refractivity contribution in [2.75, 3.05) is 11.1 Å². The molecule has 2 heterocycles. The number of hydrogen-bond acceptors (Lipinski definition) is 4. The highest BCUT2D eigenvalue weighted by Gasteiger charge is 2.30. The Morgan fingerprint density at radius 1 is 1.11 bits per heavy atom. The fourth-order valence-corrected chi connectivity index (χ4v) is 2.56. The second kappa shape index (κ2) is 7.24. The number of aromatic nitrogens is 2. The van der Waals surface area contributed by atoms with Gasteiger partial charge < -0.3 is 11.1 Å². The van der Waals surface area contributed by atoms with Gasteiger partial charge in [0.2, 0.25) is 0 Å². The lowest BCUT2D eigenvalue weighted by Crippen LogP contribution is -2.15. The third-order valence-electron chi connectivity index (χ3n) is 3.66. The monoisotopic (exact) mass is 392 g/mol. The Hall–Kier alpha value is -3.13. The second-order valence-electron chi connectivity index (χ2n) is 5.52. The van der Waals surface area contributed by atoms with Crippen LogP contribution in [0.2, 0.25) is 5.02 Å². The molecule has 0 saturated heterocycles. The Morgan fingerprint density at radius 3 is 2.48 bits per heavy atom. The fourth-order valence-electron chi connectivity index (χ4n) is 2.33. The van der Waals surface area contributed by atoms with E-state index >= 15 is 0 Å². The van der Waals surface area contributed by atoms with Crippen LogP contribution >= 0.6 is 11.6 Å². The van der Waals surface area contributed by atoms with E-state index in [0.717, 1.165) is 12.1 Å². The number of nitrogens with one attached hydrogen (secondary N) is 1. The van der Waals surface area contributed by atoms with Crippen LogP contribution in [0.4, 0.5) is 24.7 Å². The largest absolute Gasteiger partial charge is 0.417 e. The van der Waals surface area contributed by atoms with Crippen molar-refractivity contribution in [2.45, 2.75) is 6.18 Å². The molecule has 9 heteroatoms. The number of pyridine rings is 2. The maximum absolute atomic E-state index is 12.5. The van der Waals surface area contributed by atoms with E-state index in [4.69, 9.17) is 17.3 Å². The van der Waals surface area contributed by atoms with E-state index in [9.17, 15) is 18.0 Å². The Balaban J connectivity index is 1.80. The van der Waals surface area contributed by atoms with E-state index in [1.807, 2.05) is 0 Å². The number of hydrogen-bond donors (Lipinski definition) is 2. The zero-order valence-electron chi connectivity index (χ0n) is 13.6. The summed E-state index contributed by atoms with van der Waals surface area (Å²) in [4.78, 5) is 20.1. The normalized spacial score (nSPS) is 11.3. The number of carbonyl (C=O) groups excluding carboxylic acids is 1. The van der Waals surface area contributed by atoms with Gasteiger partial charge in [-0.15, -0.1) is 0 Å². The predicted molar refractivity (Wildman–Crippen MR) is 96.3 cm³/mol. The van der Waals surface area contributed by atoms with Gasteiger partial charge in [0.1, 0.15) is 5.82 Å². The maximum atomic E-state index is 12.5. The van der Waals surface area contributed by atoms with Gasteiger partial charge in [-0.2, -0.15) is 13.2 Å². The van der Waals surface area contributed by atoms with Crippen LogP contribution in [0.25, 0.3) is 11.3 Å². The molecule has 0 aliphatic heterocycles. The summed E-state index contributed by atoms with van der Waals surface area (Å²) >= 11 is 6.09. The number of nitrogen functional groups attached to an aromatic ring is 1. The third-order valence-corrected chi connectivity index (χ3v) is 3.97. The quantitative estimate of drug-likeness (QED) is 0.636. The van der Waals surface area contributed by atoms with E-state index in [1.165, 1.54) is 6.07 Å². The van der Waals surface area contributed by atoms with Crippen molar-refractivity contribution >= 4 is 29.0 Å². The van der Waals surface area contributed by atoms with Gasteiger partial charge in [-0.05, 0) is 36.4 Å². The van der Waals surface area contributed by atoms with Gasteiger partial charge in [0, 0.05) is 23.6 Å². The minimum absolute atomic E-state index is 0.0238. The summed E-state index contributed by atoms with van der Waals surface area (Å²) in [6.07, 6.45) is -2.28. The first-order valence-electron chi connectivity index (χ1n) is 7.61. The number of rotatable bonds is 3. The maximum Gasteiger partial charge on any atom is 0.417 e. The first kappa shape index (κ1) is 18.7. The Morgan fingerprint density at radius 2 is 1.89 bits per heavy atom. The van der Waals surface area contributed by atoms with Gasteiger partial charge in [0.15, 0.2) is 0 Å². The molecular weight excluding hydrogens is 381 g/mol. The summed E-state index contributed by atoms with van der Waals surface area (Å²) in [6.45, 7) is 0. The van der Waals surface area contributed by atoms with Crippen molar-refractivity contribution < 1.29 is 18.0 Å². The van der Waals surface area contributed by atoms with Crippen LogP contribution in [0.5, 0.6) is 0 Å². The molecule has 27 heavy (non-hydrogen) atoms. The summed E-state index contributed by atoms with van der Waals surface area (Å²) < 4.78 is 37.6. The van der Waals surface area contributed by atoms with Gasteiger partial charge >= 0.3 is 6.18 Å². The number of benzene rings is 1. The number of amides is 1. The van der Waals surface area contributed by atoms with Crippen LogP contribution in [-0.2, 0) is 6.18 Å². The molecule has 3 rings (SSSR count). The molecule has 0 saturated carbocycles. The lowest BCUT2D eigenvalue weighted by atomic mass is 10.1. The number of nitrogens with zero attached hydrogens (tertiary/aromatic N) is 2. The molecule has 0 unspecified atom stereocenters. The molecular formula is C18H12ClF3N4O. The van der Waals surface area contributed by atoms with Crippen LogP contribution in [0.1, 0.15) is 15.9 Å². The Bertz CT molecular complexity index is 991. The molecule has 0 atom stereocenters. The predicted octanol–water partition coefficient (Wildman–Crippen LogP) is 4.65. The molecule has 0 aliphatic rings. The summed E-state index contributed by atoms with van der Waals surface area (Å²) in [5.74, 6) is -0.623. The molecule has 0 aliphatic carbocycles. The summed E-state index contributed by atoms with van der Waals surface area (Å²) in [6, 6.07) is 9.92. The van der Waals surface area contributed by atoms with Crippen LogP contribution in [0, 0.1) is 0 Å². The number of nitrogens with two attached hydrogens (primary N) is 1. The van der Waals surface area contributed by atoms with E-state index in [0.29, 0.717) is 22.5 Å². The van der Waals surface area contributed by atoms with Gasteiger partial charge in [-0.3, -0.25) is 9.78 Å². The minimum atomic E-state index is -4.50. The molecule has 0 spiro atoms. The molecule has 138 valence electrons. The van der Waals surface area contributed by atoms with Crippen molar-refractivity contribution in [3.8, 4) is 11.3 Å². The number of anilines is 2. The van der Waals surface area contributed by atoms with Crippen LogP contribution in [0.15, 0.2) is 54.9 Å². The van der Waals surface area contributed by atoms with E-state index < -0.39 is 17.6 Å². The smallest absolute Gasteiger partial charge is 0.398 e. The van der Waals surface area contributed by atoms with Crippen molar-refractivity contribution in [3.05, 3.63) is 71.0 Å². The molecule has 3 aromatic rings. The van der Waals surface area contributed by atoms with Crippen LogP contribution in [0.3, 0.4) is 0 Å². The van der Waals surface area contributed by atoms with Crippen molar-refractivity contribution in [1.29, 1.82) is 0 Å². The van der Waals surface area contributed by atoms with Gasteiger partial charge in [-0.1, -0.05) is 17.7 Å². The number of alkyl halides is 3. The first-order chi connectivity index (χ1) is 12.8. The van der Waals surface area contributed by atoms with Crippen LogP contribution < -0.4 is 11.1 Å². The average molecular weight is 393 g/mol. The molecule has 2 aromatic heterocycles. The molecule has 1 amide bonds. The average Bonchev–Trinajstić information content (AvgIpc) is 2.61. The minimum Gasteiger partial charge on any atom is -0.398 e. The molecule has 0 bridgehead atoms. The standard InChI is InChI=1S/C18H12ClF3N4O/c19-13-2-1-7-24-16(13)10-3-5-12(14(23)8-10)17(27)26-15-6-4-11(9-25-15)18(20,21)22/h1-9H,23H2,(H,25,26,27). The van der Waals surface area contributed by atoms with Crippen LogP contribution in [-0.4, -0.2) is 15.9 Å². The zero-order chi connectivity index (χ0) is 19.6. The lowest BCUT2D eigenvalue weighted by molar-refractivity contribution is -0.137. The van der Waals surface area contributed by atoms with E-state index in [2.05, 4.69) is 15.3 Å². The highest BCUT2D eigenvalue weighted by molar-refractivity contribution is 6.33. The second-order valence-corrected chi connectivity index (χ2v) is 5.93. The highest BCUT2D eigenvalue weighted by Crippen LogP contribution is 2.30. The zero-order valence-corrected chi connectivity index (χ0v) is 14.3. The van der Waals surface area contributed by atoms with Crippen molar-refractivity contribution in [1.82, 2.24) is 9.97 Å². The van der Waals surface area contributed by atoms with Gasteiger partial charge in [-0.25, -0.2) is 4.98 Å². The number of halogens is 4. The fraction of sp³-hybridized carbons (Fsp3) is 0.0556. The van der Waals surface area contributed by atoms with E-state index in [1.54, 1.807) is 30.5 Å². The van der Waals surface area contributed by atoms with Gasteiger partial charge in [0.05, 0.1) is 21.8 Å². The Kier molecular flexibility index (Phi) is 5.00. The summed E-state index contributed by atoms with van der Waals surface area (Å²) in [7, 11) is 0. The SMILES string of the molecule is Nc1cc(-c2ncccc2Cl)ccc1C(=O)Nc1ccc(C(F)(F)F)cn1. The summed E-state index contributed by atoms with van der Waals surface area (Å²) in [5, 5.41) is 2.84. The molecule has 3 N–H and O–H groups in total. The Labute approximate surface area is 157 Å². The lowest BCUT2D eigenvalue weighted by Gasteiger charge is -2.10. The molecule has 0 fully saturated rings. The molecule has 1 aromatic carbocycles. The first-order valence-corrected chi connectivity index (χ1v) is 7.98. The summed E-state index contributed by atoms with van der Waals surface area (Å²) in [5.41, 5.74) is 6.49. The van der Waals surface area contributed by atoms with Crippen molar-refractivity contribution in [2.24, 2.45) is 0 Å². The van der Waals surface area contributed by atoms with Gasteiger partial charge in [0.25, 0.3) is 5.91 Å². The topological polar surface area (TPSA) is 80.9 Å². The van der Waals surface area contributed by atoms with E-state index in [-0.39, 0.29) is 17.1 Å². The molecule has 5 nitrogen and oxygen atoms in total. The molecule has 0 radical (unpaired) electrons. The highest BCUT2D eigenvalue weighted by atomic mass is 35.5.